The summed E-state index contributed by atoms with van der Waals surface area (Å²) >= 11 is 0. The molecule has 3 amide bonds. The molecule has 0 atom stereocenters. The van der Waals surface area contributed by atoms with Gasteiger partial charge in [-0.25, -0.2) is 5.43 Å². The molecule has 9 nitrogen and oxygen atoms in total. The Morgan fingerprint density at radius 2 is 1.67 bits per heavy atom. The lowest BCUT2D eigenvalue weighted by molar-refractivity contribution is -0.136. The number of para-hydroxylation sites is 1. The van der Waals surface area contributed by atoms with Crippen molar-refractivity contribution in [3.63, 3.8) is 0 Å². The van der Waals surface area contributed by atoms with Crippen molar-refractivity contribution in [2.75, 3.05) is 23.8 Å². The Morgan fingerprint density at radius 1 is 0.889 bits per heavy atom. The highest BCUT2D eigenvalue weighted by atomic mass is 16.5. The Balaban J connectivity index is 1.59. The van der Waals surface area contributed by atoms with Crippen molar-refractivity contribution in [1.29, 1.82) is 0 Å². The van der Waals surface area contributed by atoms with Gasteiger partial charge >= 0.3 is 11.8 Å². The first-order valence-electron chi connectivity index (χ1n) is 11.1. The van der Waals surface area contributed by atoms with E-state index in [1.807, 2.05) is 6.92 Å². The van der Waals surface area contributed by atoms with Gasteiger partial charge in [0.1, 0.15) is 18.1 Å². The van der Waals surface area contributed by atoms with Crippen molar-refractivity contribution in [1.82, 2.24) is 5.43 Å². The molecule has 0 saturated carbocycles. The lowest BCUT2D eigenvalue weighted by atomic mass is 10.1. The molecule has 3 aromatic rings. The molecule has 3 aromatic carbocycles. The van der Waals surface area contributed by atoms with Crippen LogP contribution in [0.2, 0.25) is 0 Å². The van der Waals surface area contributed by atoms with E-state index >= 15 is 0 Å². The highest BCUT2D eigenvalue weighted by Crippen LogP contribution is 2.20. The van der Waals surface area contributed by atoms with Gasteiger partial charge in [-0.1, -0.05) is 36.9 Å². The number of hydrogen-bond acceptors (Lipinski definition) is 6. The van der Waals surface area contributed by atoms with E-state index in [4.69, 9.17) is 9.47 Å². The number of rotatable bonds is 10. The minimum Gasteiger partial charge on any atom is -0.494 e. The molecular formula is C27H26N4O5. The smallest absolute Gasteiger partial charge is 0.329 e. The summed E-state index contributed by atoms with van der Waals surface area (Å²) < 4.78 is 10.8. The van der Waals surface area contributed by atoms with Crippen LogP contribution in [0.15, 0.2) is 90.6 Å². The first-order chi connectivity index (χ1) is 17.5. The van der Waals surface area contributed by atoms with Gasteiger partial charge in [0, 0.05) is 5.69 Å². The van der Waals surface area contributed by atoms with Crippen molar-refractivity contribution in [3.8, 4) is 11.5 Å². The Kier molecular flexibility index (Phi) is 9.35. The molecule has 0 aromatic heterocycles. The van der Waals surface area contributed by atoms with E-state index in [0.29, 0.717) is 36.0 Å². The lowest BCUT2D eigenvalue weighted by Gasteiger charge is -2.11. The number of amides is 3. The van der Waals surface area contributed by atoms with Crippen LogP contribution in [0.5, 0.6) is 11.5 Å². The van der Waals surface area contributed by atoms with Gasteiger partial charge in [0.2, 0.25) is 0 Å². The average molecular weight is 487 g/mol. The molecule has 3 N–H and O–H groups in total. The fourth-order valence-electron chi connectivity index (χ4n) is 3.02. The minimum atomic E-state index is -0.993. The van der Waals surface area contributed by atoms with E-state index in [9.17, 15) is 14.4 Å². The summed E-state index contributed by atoms with van der Waals surface area (Å²) in [6, 6.07) is 20.3. The van der Waals surface area contributed by atoms with Crippen LogP contribution in [0.3, 0.4) is 0 Å². The van der Waals surface area contributed by atoms with E-state index in [-0.39, 0.29) is 11.3 Å². The normalized spacial score (nSPS) is 10.4. The van der Waals surface area contributed by atoms with E-state index in [0.717, 1.165) is 0 Å². The monoisotopic (exact) mass is 486 g/mol. The Morgan fingerprint density at radius 3 is 2.42 bits per heavy atom. The SMILES string of the molecule is C=CCOc1cccc(/C=N\NC(=O)C(=O)Nc2ccccc2C(=O)Nc2ccc(OCC)cc2)c1. The van der Waals surface area contributed by atoms with Crippen molar-refractivity contribution in [2.24, 2.45) is 5.10 Å². The topological polar surface area (TPSA) is 118 Å². The Bertz CT molecular complexity index is 1260. The average Bonchev–Trinajstić information content (AvgIpc) is 2.89. The number of nitrogens with one attached hydrogen (secondary N) is 3. The van der Waals surface area contributed by atoms with E-state index < -0.39 is 17.7 Å². The van der Waals surface area contributed by atoms with Gasteiger partial charge in [0.15, 0.2) is 0 Å². The van der Waals surface area contributed by atoms with Gasteiger partial charge in [-0.2, -0.15) is 5.10 Å². The van der Waals surface area contributed by atoms with E-state index in [1.54, 1.807) is 66.7 Å². The Labute approximate surface area is 208 Å². The fourth-order valence-corrected chi connectivity index (χ4v) is 3.02. The summed E-state index contributed by atoms with van der Waals surface area (Å²) in [5, 5.41) is 9.01. The standard InChI is InChI=1S/C27H26N4O5/c1-3-16-36-22-9-7-8-19(17-22)18-28-31-27(34)26(33)30-24-11-6-5-10-23(24)25(32)29-20-12-14-21(15-13-20)35-4-2/h3,5-15,17-18H,1,4,16H2,2H3,(H,29,32)(H,30,33)(H,31,34)/b28-18-. The van der Waals surface area contributed by atoms with E-state index in [2.05, 4.69) is 27.7 Å². The number of anilines is 2. The summed E-state index contributed by atoms with van der Waals surface area (Å²) in [4.78, 5) is 37.4. The maximum atomic E-state index is 12.8. The molecule has 0 heterocycles. The highest BCUT2D eigenvalue weighted by Gasteiger charge is 2.17. The summed E-state index contributed by atoms with van der Waals surface area (Å²) in [7, 11) is 0. The number of ether oxygens (including phenoxy) is 2. The van der Waals surface area contributed by atoms with Crippen molar-refractivity contribution < 1.29 is 23.9 Å². The number of carbonyl (C=O) groups excluding carboxylic acids is 3. The number of carbonyl (C=O) groups is 3. The molecule has 0 fully saturated rings. The molecule has 9 heteroatoms. The largest absolute Gasteiger partial charge is 0.494 e. The quantitative estimate of drug-likeness (QED) is 0.173. The zero-order chi connectivity index (χ0) is 25.8. The van der Waals surface area contributed by atoms with Gasteiger partial charge < -0.3 is 20.1 Å². The van der Waals surface area contributed by atoms with E-state index in [1.165, 1.54) is 18.3 Å². The van der Waals surface area contributed by atoms with Crippen LogP contribution in [0.1, 0.15) is 22.8 Å². The third-order valence-electron chi connectivity index (χ3n) is 4.65. The molecule has 36 heavy (non-hydrogen) atoms. The summed E-state index contributed by atoms with van der Waals surface area (Å²) in [6.45, 7) is 6.37. The maximum Gasteiger partial charge on any atom is 0.329 e. The van der Waals surface area contributed by atoms with Crippen LogP contribution in [0.4, 0.5) is 11.4 Å². The van der Waals surface area contributed by atoms with Crippen LogP contribution < -0.4 is 25.5 Å². The molecule has 0 aliphatic heterocycles. The van der Waals surface area contributed by atoms with Gasteiger partial charge in [0.25, 0.3) is 5.91 Å². The molecule has 0 bridgehead atoms. The Hall–Kier alpha value is -4.92. The minimum absolute atomic E-state index is 0.178. The molecule has 0 radical (unpaired) electrons. The summed E-state index contributed by atoms with van der Waals surface area (Å²) in [5.41, 5.74) is 3.74. The first kappa shape index (κ1) is 25.7. The predicted octanol–water partition coefficient (Wildman–Crippen LogP) is 3.99. The molecule has 0 unspecified atom stereocenters. The number of nitrogens with zero attached hydrogens (tertiary/aromatic N) is 1. The third kappa shape index (κ3) is 7.56. The van der Waals surface area contributed by atoms with Gasteiger partial charge in [0.05, 0.1) is 24.1 Å². The molecular weight excluding hydrogens is 460 g/mol. The predicted molar refractivity (Wildman–Crippen MR) is 139 cm³/mol. The maximum absolute atomic E-state index is 12.8. The molecule has 0 saturated heterocycles. The highest BCUT2D eigenvalue weighted by molar-refractivity contribution is 6.40. The third-order valence-corrected chi connectivity index (χ3v) is 4.65. The molecule has 0 aliphatic carbocycles. The number of hydrazone groups is 1. The summed E-state index contributed by atoms with van der Waals surface area (Å²) in [6.07, 6.45) is 3.01. The zero-order valence-corrected chi connectivity index (χ0v) is 19.7. The van der Waals surface area contributed by atoms with Crippen LogP contribution in [0.25, 0.3) is 0 Å². The van der Waals surface area contributed by atoms with Gasteiger partial charge in [-0.15, -0.1) is 0 Å². The van der Waals surface area contributed by atoms with Crippen LogP contribution in [0, 0.1) is 0 Å². The van der Waals surface area contributed by atoms with Gasteiger partial charge in [-0.3, -0.25) is 14.4 Å². The molecule has 184 valence electrons. The van der Waals surface area contributed by atoms with Crippen LogP contribution in [-0.4, -0.2) is 37.1 Å². The zero-order valence-electron chi connectivity index (χ0n) is 19.7. The fraction of sp³-hybridized carbons (Fsp3) is 0.111. The molecule has 0 aliphatic rings. The second-order valence-electron chi connectivity index (χ2n) is 7.28. The second-order valence-corrected chi connectivity index (χ2v) is 7.28. The molecule has 3 rings (SSSR count). The van der Waals surface area contributed by atoms with Crippen molar-refractivity contribution in [2.45, 2.75) is 6.92 Å². The summed E-state index contributed by atoms with van der Waals surface area (Å²) in [5.74, 6) is -1.12. The second kappa shape index (κ2) is 13.1. The number of benzene rings is 3. The van der Waals surface area contributed by atoms with Crippen molar-refractivity contribution >= 4 is 35.3 Å². The first-order valence-corrected chi connectivity index (χ1v) is 11.1. The lowest BCUT2D eigenvalue weighted by Crippen LogP contribution is -2.33. The van der Waals surface area contributed by atoms with Crippen LogP contribution >= 0.6 is 0 Å². The number of hydrogen-bond donors (Lipinski definition) is 3. The van der Waals surface area contributed by atoms with Crippen LogP contribution in [-0.2, 0) is 9.59 Å². The molecule has 0 spiro atoms. The van der Waals surface area contributed by atoms with Crippen molar-refractivity contribution in [3.05, 3.63) is 96.6 Å². The van der Waals surface area contributed by atoms with Gasteiger partial charge in [-0.05, 0) is 61.0 Å².